The largest absolute Gasteiger partial charge is 0.333 e. The molecule has 0 radical (unpaired) electrons. The van der Waals surface area contributed by atoms with E-state index in [0.717, 1.165) is 26.4 Å². The smallest absolute Gasteiger partial charge is 0.292 e. The van der Waals surface area contributed by atoms with E-state index >= 15 is 0 Å². The molecule has 0 saturated heterocycles. The van der Waals surface area contributed by atoms with Crippen molar-refractivity contribution in [2.45, 2.75) is 103 Å². The summed E-state index contributed by atoms with van der Waals surface area (Å²) >= 11 is 0. The maximum atomic E-state index is 13.6. The number of rotatable bonds is 21. The molecule has 0 fully saturated rings. The summed E-state index contributed by atoms with van der Waals surface area (Å²) in [5.41, 5.74) is -5.60. The third-order valence-corrected chi connectivity index (χ3v) is 14.2. The number of hydrogen-bond donors (Lipinski definition) is 0. The summed E-state index contributed by atoms with van der Waals surface area (Å²) in [6, 6.07) is 0. The van der Waals surface area contributed by atoms with E-state index in [2.05, 4.69) is 0 Å². The van der Waals surface area contributed by atoms with Crippen LogP contribution in [0.25, 0.3) is 0 Å². The highest BCUT2D eigenvalue weighted by molar-refractivity contribution is 7.91. The Morgan fingerprint density at radius 3 is 1.34 bits per heavy atom. The van der Waals surface area contributed by atoms with Crippen molar-refractivity contribution in [3.63, 3.8) is 0 Å². The van der Waals surface area contributed by atoms with E-state index in [-0.39, 0.29) is 31.8 Å². The van der Waals surface area contributed by atoms with Crippen LogP contribution in [0.15, 0.2) is 0 Å². The highest BCUT2D eigenvalue weighted by Crippen LogP contribution is 2.52. The molecular weight excluding hydrogens is 710 g/mol. The van der Waals surface area contributed by atoms with Gasteiger partial charge in [-0.05, 0) is 68.2 Å². The van der Waals surface area contributed by atoms with Gasteiger partial charge in [-0.15, -0.1) is 0 Å². The van der Waals surface area contributed by atoms with E-state index in [0.29, 0.717) is 0 Å². The molecule has 22 heteroatoms. The normalized spacial score (nSPS) is 18.3. The molecule has 16 nitrogen and oxygen atoms in total. The van der Waals surface area contributed by atoms with Crippen molar-refractivity contribution in [3.8, 4) is 0 Å². The molecule has 0 aliphatic carbocycles. The molecule has 4 unspecified atom stereocenters. The fourth-order valence-corrected chi connectivity index (χ4v) is 11.7. The van der Waals surface area contributed by atoms with E-state index in [1.54, 1.807) is 0 Å². The Hall–Kier alpha value is 0.0200. The molecule has 266 valence electrons. The molecular formula is C22H48O16P2S4. The monoisotopic (exact) mass is 758 g/mol. The second-order valence-electron chi connectivity index (χ2n) is 12.1. The summed E-state index contributed by atoms with van der Waals surface area (Å²) in [6.45, 7) is 11.0. The van der Waals surface area contributed by atoms with Crippen LogP contribution in [0.4, 0.5) is 0 Å². The zero-order valence-corrected chi connectivity index (χ0v) is 31.9. The lowest BCUT2D eigenvalue weighted by Crippen LogP contribution is -2.32. The highest BCUT2D eigenvalue weighted by Gasteiger charge is 2.38. The lowest BCUT2D eigenvalue weighted by molar-refractivity contribution is 0.117. The Morgan fingerprint density at radius 1 is 0.591 bits per heavy atom. The molecule has 0 heterocycles. The topological polar surface area (TPSA) is 226 Å². The van der Waals surface area contributed by atoms with Crippen molar-refractivity contribution in [1.82, 2.24) is 0 Å². The number of unbranched alkanes of at least 4 members (excludes halogenated alkanes) is 3. The van der Waals surface area contributed by atoms with Crippen LogP contribution in [-0.4, -0.2) is 92.5 Å². The van der Waals surface area contributed by atoms with Crippen LogP contribution < -0.4 is 0 Å². The highest BCUT2D eigenvalue weighted by atomic mass is 32.2. The van der Waals surface area contributed by atoms with E-state index in [1.807, 2.05) is 0 Å². The van der Waals surface area contributed by atoms with Crippen molar-refractivity contribution in [1.29, 1.82) is 0 Å². The van der Waals surface area contributed by atoms with Crippen LogP contribution in [0.2, 0.25) is 0 Å². The molecule has 0 aromatic rings. The van der Waals surface area contributed by atoms with Gasteiger partial charge in [-0.2, -0.15) is 16.8 Å². The van der Waals surface area contributed by atoms with E-state index in [9.17, 15) is 42.8 Å². The fourth-order valence-electron chi connectivity index (χ4n) is 2.99. The maximum Gasteiger partial charge on any atom is 0.333 e. The van der Waals surface area contributed by atoms with Gasteiger partial charge in [0.1, 0.15) is 0 Å². The van der Waals surface area contributed by atoms with Crippen LogP contribution in [0.5, 0.6) is 0 Å². The molecule has 0 aromatic carbocycles. The van der Waals surface area contributed by atoms with Crippen molar-refractivity contribution < 1.29 is 69.3 Å². The molecule has 0 aromatic heterocycles. The standard InChI is InChI=1S/C22H48O16P2S4/c1-19(42(10,27)28)35-39(23,33-17-41(9,25)26)15-13-11-12-14-16-40(24,34-18-43(29,30)37-21(3,4)5)36-20(2)44(31,32)38-22(6,7)8/h19-20H,11-18H2,1-10H3. The second-order valence-corrected chi connectivity index (χ2v) is 24.1. The zero-order chi connectivity index (χ0) is 35.1. The predicted octanol–water partition coefficient (Wildman–Crippen LogP) is 3.99. The van der Waals surface area contributed by atoms with Gasteiger partial charge in [-0.25, -0.2) is 16.8 Å². The second kappa shape index (κ2) is 16.4. The van der Waals surface area contributed by atoms with E-state index in [4.69, 9.17) is 26.5 Å². The molecule has 0 aliphatic heterocycles. The molecule has 0 bridgehead atoms. The summed E-state index contributed by atoms with van der Waals surface area (Å²) in [4.78, 5) is 0. The molecule has 0 N–H and O–H groups in total. The fraction of sp³-hybridized carbons (Fsp3) is 1.00. The van der Waals surface area contributed by atoms with Gasteiger partial charge >= 0.3 is 15.2 Å². The minimum absolute atomic E-state index is 0.0550. The summed E-state index contributed by atoms with van der Waals surface area (Å²) < 4.78 is 153. The molecule has 44 heavy (non-hydrogen) atoms. The summed E-state index contributed by atoms with van der Waals surface area (Å²) in [6.07, 6.45) is 1.59. The summed E-state index contributed by atoms with van der Waals surface area (Å²) in [5.74, 6) is -2.15. The molecule has 0 aliphatic rings. The van der Waals surface area contributed by atoms with Crippen molar-refractivity contribution in [3.05, 3.63) is 0 Å². The Morgan fingerprint density at radius 2 is 0.977 bits per heavy atom. The van der Waals surface area contributed by atoms with Crippen LogP contribution in [0, 0.1) is 0 Å². The maximum absolute atomic E-state index is 13.6. The quantitative estimate of drug-likeness (QED) is 0.0916. The molecule has 0 saturated carbocycles. The first-order valence-electron chi connectivity index (χ1n) is 13.4. The first-order valence-corrected chi connectivity index (χ1v) is 23.9. The van der Waals surface area contributed by atoms with Crippen LogP contribution >= 0.6 is 15.2 Å². The lowest BCUT2D eigenvalue weighted by atomic mass is 10.2. The molecule has 0 amide bonds. The number of sulfone groups is 2. The SMILES string of the molecule is CC(OP(=O)(CCCCCCP(=O)(OCS(=O)(=O)OC(C)(C)C)OC(C)S(=O)(=O)OC(C)(C)C)OCS(C)(=O)=O)S(C)(=O)=O. The first kappa shape index (κ1) is 44.0. The average molecular weight is 759 g/mol. The van der Waals surface area contributed by atoms with Gasteiger partial charge in [0.2, 0.25) is 0 Å². The predicted molar refractivity (Wildman–Crippen MR) is 166 cm³/mol. The van der Waals surface area contributed by atoms with E-state index in [1.165, 1.54) is 41.5 Å². The van der Waals surface area contributed by atoms with Gasteiger partial charge in [0.15, 0.2) is 42.4 Å². The third-order valence-electron chi connectivity index (χ3n) is 4.84. The van der Waals surface area contributed by atoms with Gasteiger partial charge in [-0.3, -0.25) is 35.6 Å². The first-order chi connectivity index (χ1) is 19.3. The molecule has 4 atom stereocenters. The van der Waals surface area contributed by atoms with Crippen LogP contribution in [0.1, 0.15) is 81.1 Å². The van der Waals surface area contributed by atoms with Crippen LogP contribution in [0.3, 0.4) is 0 Å². The molecule has 0 rings (SSSR count). The lowest BCUT2D eigenvalue weighted by Gasteiger charge is -2.26. The zero-order valence-electron chi connectivity index (χ0n) is 26.9. The van der Waals surface area contributed by atoms with Gasteiger partial charge in [-0.1, -0.05) is 12.8 Å². The Bertz CT molecular complexity index is 1460. The Kier molecular flexibility index (Phi) is 16.4. The van der Waals surface area contributed by atoms with Crippen molar-refractivity contribution >= 4 is 55.1 Å². The number of hydrogen-bond acceptors (Lipinski definition) is 16. The third kappa shape index (κ3) is 20.3. The summed E-state index contributed by atoms with van der Waals surface area (Å²) in [5, 5.41) is 0. The van der Waals surface area contributed by atoms with Gasteiger partial charge in [0.05, 0.1) is 23.5 Å². The van der Waals surface area contributed by atoms with Gasteiger partial charge in [0, 0.05) is 12.5 Å². The van der Waals surface area contributed by atoms with Crippen molar-refractivity contribution in [2.24, 2.45) is 0 Å². The summed E-state index contributed by atoms with van der Waals surface area (Å²) in [7, 11) is -24.9. The van der Waals surface area contributed by atoms with Gasteiger partial charge in [0.25, 0.3) is 20.2 Å². The average Bonchev–Trinajstić information content (AvgIpc) is 2.75. The minimum Gasteiger partial charge on any atom is -0.292 e. The van der Waals surface area contributed by atoms with E-state index < -0.39 is 95.2 Å². The minimum atomic E-state index is -4.43. The van der Waals surface area contributed by atoms with Crippen molar-refractivity contribution in [2.75, 3.05) is 36.7 Å². The van der Waals surface area contributed by atoms with Crippen LogP contribution in [-0.2, 0) is 75.5 Å². The Balaban J connectivity index is 5.58. The van der Waals surface area contributed by atoms with Gasteiger partial charge < -0.3 is 0 Å². The molecule has 0 spiro atoms. The Labute approximate surface area is 263 Å².